The lowest BCUT2D eigenvalue weighted by molar-refractivity contribution is -0.307. The third-order valence-electron chi connectivity index (χ3n) is 3.73. The number of benzene rings is 1. The Morgan fingerprint density at radius 1 is 1.35 bits per heavy atom. The van der Waals surface area contributed by atoms with Crippen molar-refractivity contribution in [3.05, 3.63) is 35.9 Å². The van der Waals surface area contributed by atoms with E-state index in [4.69, 9.17) is 4.74 Å². The zero-order valence-corrected chi connectivity index (χ0v) is 11.3. The van der Waals surface area contributed by atoms with Crippen LogP contribution in [0.4, 0.5) is 4.79 Å². The Hall–Kier alpha value is -2.08. The van der Waals surface area contributed by atoms with Gasteiger partial charge in [-0.2, -0.15) is 0 Å². The van der Waals surface area contributed by atoms with Gasteiger partial charge in [0.15, 0.2) is 11.3 Å². The van der Waals surface area contributed by atoms with Crippen LogP contribution in [0.25, 0.3) is 0 Å². The van der Waals surface area contributed by atoms with Gasteiger partial charge in [-0.05, 0) is 19.4 Å². The number of hydrogen-bond acceptors (Lipinski definition) is 5. The Kier molecular flexibility index (Phi) is 3.43. The summed E-state index contributed by atoms with van der Waals surface area (Å²) in [5.41, 5.74) is -2.10. The molecule has 1 aromatic rings. The van der Waals surface area contributed by atoms with Crippen molar-refractivity contribution in [3.8, 4) is 0 Å². The van der Waals surface area contributed by atoms with Gasteiger partial charge in [-0.15, -0.1) is 0 Å². The predicted octanol–water partition coefficient (Wildman–Crippen LogP) is -0.102. The third kappa shape index (κ3) is 2.34. The summed E-state index contributed by atoms with van der Waals surface area (Å²) in [6.45, 7) is 2.23. The highest BCUT2D eigenvalue weighted by atomic mass is 16.6. The van der Waals surface area contributed by atoms with Crippen LogP contribution >= 0.6 is 0 Å². The Morgan fingerprint density at radius 3 is 2.50 bits per heavy atom. The highest BCUT2D eigenvalue weighted by molar-refractivity contribution is 5.78. The number of ether oxygens (including phenoxy) is 1. The van der Waals surface area contributed by atoms with Crippen LogP contribution < -0.4 is 5.11 Å². The average Bonchev–Trinajstić information content (AvgIpc) is 2.50. The molecule has 6 nitrogen and oxygen atoms in total. The summed E-state index contributed by atoms with van der Waals surface area (Å²) in [6.07, 6.45) is -0.589. The molecule has 0 unspecified atom stereocenters. The molecule has 1 aromatic carbocycles. The first kappa shape index (κ1) is 14.3. The Bertz CT molecular complexity index is 528. The quantitative estimate of drug-likeness (QED) is 0.830. The number of aliphatic carboxylic acids is 1. The van der Waals surface area contributed by atoms with E-state index in [2.05, 4.69) is 0 Å². The fourth-order valence-electron chi connectivity index (χ4n) is 2.34. The smallest absolute Gasteiger partial charge is 0.413 e. The van der Waals surface area contributed by atoms with E-state index in [1.165, 1.54) is 6.92 Å². The van der Waals surface area contributed by atoms with Crippen molar-refractivity contribution in [2.45, 2.75) is 31.6 Å². The first-order valence-electron chi connectivity index (χ1n) is 6.23. The van der Waals surface area contributed by atoms with E-state index in [0.717, 1.165) is 10.5 Å². The number of carboxylic acid groups (broad SMARTS) is 1. The lowest BCUT2D eigenvalue weighted by atomic mass is 9.87. The van der Waals surface area contributed by atoms with Crippen molar-refractivity contribution < 1.29 is 24.5 Å². The molecule has 2 atom stereocenters. The number of carbonyl (C=O) groups is 2. The van der Waals surface area contributed by atoms with Crippen LogP contribution in [0.3, 0.4) is 0 Å². The number of aliphatic hydroxyl groups is 1. The summed E-state index contributed by atoms with van der Waals surface area (Å²) in [4.78, 5) is 23.2. The minimum absolute atomic E-state index is 0.274. The van der Waals surface area contributed by atoms with Crippen molar-refractivity contribution in [1.82, 2.24) is 4.90 Å². The number of cyclic esters (lactones) is 1. The molecular weight excluding hydrogens is 262 g/mol. The fraction of sp³-hybridized carbons (Fsp3) is 0.429. The van der Waals surface area contributed by atoms with E-state index in [9.17, 15) is 19.8 Å². The van der Waals surface area contributed by atoms with E-state index in [1.807, 2.05) is 30.3 Å². The number of hydrogen-bond donors (Lipinski definition) is 1. The number of rotatable bonds is 4. The van der Waals surface area contributed by atoms with Gasteiger partial charge in [0, 0.05) is 6.42 Å². The van der Waals surface area contributed by atoms with Crippen LogP contribution in [0.5, 0.6) is 0 Å². The standard InChI is InChI=1S/C14H17NO5/c1-13(8-10-6-4-3-5-7-10)14(2,19)15(9-11(16)17)12(18)20-13/h3-7,19H,8-9H2,1-2H3,(H,16,17)/p-1/t13-,14+/m1/s1. The van der Waals surface area contributed by atoms with E-state index in [1.54, 1.807) is 6.92 Å². The van der Waals surface area contributed by atoms with Gasteiger partial charge in [-0.25, -0.2) is 4.79 Å². The van der Waals surface area contributed by atoms with E-state index in [0.29, 0.717) is 0 Å². The topological polar surface area (TPSA) is 89.9 Å². The van der Waals surface area contributed by atoms with Crippen molar-refractivity contribution in [3.63, 3.8) is 0 Å². The predicted molar refractivity (Wildman–Crippen MR) is 67.4 cm³/mol. The molecular formula is C14H16NO5-. The molecule has 6 heteroatoms. The number of nitrogens with zero attached hydrogens (tertiary/aromatic N) is 1. The molecule has 1 aliphatic rings. The van der Waals surface area contributed by atoms with Crippen LogP contribution in [-0.2, 0) is 16.0 Å². The van der Waals surface area contributed by atoms with Crippen molar-refractivity contribution >= 4 is 12.1 Å². The summed E-state index contributed by atoms with van der Waals surface area (Å²) in [5.74, 6) is -1.45. The summed E-state index contributed by atoms with van der Waals surface area (Å²) in [7, 11) is 0. The van der Waals surface area contributed by atoms with Gasteiger partial charge in [0.2, 0.25) is 0 Å². The van der Waals surface area contributed by atoms with Crippen LogP contribution in [0.15, 0.2) is 30.3 Å². The van der Waals surface area contributed by atoms with Gasteiger partial charge >= 0.3 is 6.09 Å². The van der Waals surface area contributed by atoms with Crippen LogP contribution in [-0.4, -0.2) is 39.9 Å². The number of amides is 1. The molecule has 1 heterocycles. The molecule has 0 bridgehead atoms. The maximum atomic E-state index is 11.8. The monoisotopic (exact) mass is 278 g/mol. The molecule has 1 saturated heterocycles. The minimum atomic E-state index is -1.74. The SMILES string of the molecule is C[C@]1(Cc2ccccc2)OC(=O)N(CC(=O)[O-])[C@@]1(C)O. The Balaban J connectivity index is 2.28. The Labute approximate surface area is 116 Å². The van der Waals surface area contributed by atoms with Gasteiger partial charge in [-0.1, -0.05) is 30.3 Å². The first-order valence-corrected chi connectivity index (χ1v) is 6.23. The van der Waals surface area contributed by atoms with Crippen molar-refractivity contribution in [2.75, 3.05) is 6.54 Å². The normalized spacial score (nSPS) is 29.4. The maximum absolute atomic E-state index is 11.8. The fourth-order valence-corrected chi connectivity index (χ4v) is 2.34. The molecule has 1 amide bonds. The second-order valence-electron chi connectivity index (χ2n) is 5.24. The molecule has 0 aromatic heterocycles. The number of carboxylic acids is 1. The molecule has 20 heavy (non-hydrogen) atoms. The lowest BCUT2D eigenvalue weighted by Crippen LogP contribution is -2.58. The van der Waals surface area contributed by atoms with Crippen LogP contribution in [0.2, 0.25) is 0 Å². The van der Waals surface area contributed by atoms with E-state index >= 15 is 0 Å². The lowest BCUT2D eigenvalue weighted by Gasteiger charge is -2.37. The average molecular weight is 278 g/mol. The van der Waals surface area contributed by atoms with Gasteiger partial charge in [-0.3, -0.25) is 4.90 Å². The molecule has 0 spiro atoms. The first-order chi connectivity index (χ1) is 9.26. The zero-order valence-electron chi connectivity index (χ0n) is 11.3. The third-order valence-corrected chi connectivity index (χ3v) is 3.73. The summed E-state index contributed by atoms with van der Waals surface area (Å²) in [5, 5.41) is 21.2. The summed E-state index contributed by atoms with van der Waals surface area (Å²) < 4.78 is 5.23. The molecule has 0 radical (unpaired) electrons. The summed E-state index contributed by atoms with van der Waals surface area (Å²) in [6, 6.07) is 9.21. The van der Waals surface area contributed by atoms with Crippen molar-refractivity contribution in [2.24, 2.45) is 0 Å². The van der Waals surface area contributed by atoms with Crippen LogP contribution in [0, 0.1) is 0 Å². The molecule has 0 saturated carbocycles. The number of carbonyl (C=O) groups excluding carboxylic acids is 2. The Morgan fingerprint density at radius 2 is 1.95 bits per heavy atom. The van der Waals surface area contributed by atoms with E-state index < -0.39 is 29.9 Å². The summed E-state index contributed by atoms with van der Waals surface area (Å²) >= 11 is 0. The maximum Gasteiger partial charge on any atom is 0.413 e. The molecule has 1 aliphatic heterocycles. The van der Waals surface area contributed by atoms with Gasteiger partial charge in [0.1, 0.15) is 0 Å². The van der Waals surface area contributed by atoms with Gasteiger partial charge < -0.3 is 19.7 Å². The largest absolute Gasteiger partial charge is 0.548 e. The van der Waals surface area contributed by atoms with Gasteiger partial charge in [0.05, 0.1) is 12.5 Å². The second-order valence-corrected chi connectivity index (χ2v) is 5.24. The van der Waals surface area contributed by atoms with E-state index in [-0.39, 0.29) is 6.42 Å². The zero-order chi connectivity index (χ0) is 15.0. The van der Waals surface area contributed by atoms with Crippen molar-refractivity contribution in [1.29, 1.82) is 0 Å². The highest BCUT2D eigenvalue weighted by Crippen LogP contribution is 2.39. The molecule has 1 fully saturated rings. The molecule has 108 valence electrons. The molecule has 2 rings (SSSR count). The molecule has 0 aliphatic carbocycles. The molecule has 1 N–H and O–H groups in total. The highest BCUT2D eigenvalue weighted by Gasteiger charge is 2.59. The van der Waals surface area contributed by atoms with Crippen LogP contribution in [0.1, 0.15) is 19.4 Å². The second kappa shape index (κ2) is 4.79. The van der Waals surface area contributed by atoms with Gasteiger partial charge in [0.25, 0.3) is 0 Å². The minimum Gasteiger partial charge on any atom is -0.548 e.